The second kappa shape index (κ2) is 7.74. The monoisotopic (exact) mass is 273 g/mol. The molecule has 0 fully saturated rings. The Bertz CT molecular complexity index is 540. The van der Waals surface area contributed by atoms with Crippen LogP contribution in [0.2, 0.25) is 0 Å². The summed E-state index contributed by atoms with van der Waals surface area (Å²) in [5.41, 5.74) is 0.779. The summed E-state index contributed by atoms with van der Waals surface area (Å²) in [6, 6.07) is 8.75. The standard InChI is InChI=1S/C15H15NO4/c1-11(17)12(2)20-15(18)8-5-13-3-6-14(7-4-13)19-10-9-16/h3-8,12H,10H2,1-2H3/b8-5+. The van der Waals surface area contributed by atoms with Gasteiger partial charge in [-0.05, 0) is 37.6 Å². The second-order valence-electron chi connectivity index (χ2n) is 4.04. The maximum absolute atomic E-state index is 11.4. The van der Waals surface area contributed by atoms with Crippen LogP contribution < -0.4 is 4.74 Å². The molecule has 0 aliphatic heterocycles. The van der Waals surface area contributed by atoms with Gasteiger partial charge in [0.1, 0.15) is 11.8 Å². The first kappa shape index (κ1) is 15.4. The van der Waals surface area contributed by atoms with Crippen LogP contribution >= 0.6 is 0 Å². The van der Waals surface area contributed by atoms with Crippen molar-refractivity contribution in [3.05, 3.63) is 35.9 Å². The van der Waals surface area contributed by atoms with Gasteiger partial charge in [0.2, 0.25) is 0 Å². The van der Waals surface area contributed by atoms with E-state index in [0.717, 1.165) is 5.56 Å². The molecule has 0 bridgehead atoms. The van der Waals surface area contributed by atoms with Gasteiger partial charge in [-0.1, -0.05) is 12.1 Å². The van der Waals surface area contributed by atoms with Crippen molar-refractivity contribution in [2.45, 2.75) is 20.0 Å². The van der Waals surface area contributed by atoms with Crippen molar-refractivity contribution in [2.24, 2.45) is 0 Å². The fourth-order valence-electron chi connectivity index (χ4n) is 1.25. The van der Waals surface area contributed by atoms with Crippen LogP contribution in [0.15, 0.2) is 30.3 Å². The van der Waals surface area contributed by atoms with Crippen molar-refractivity contribution >= 4 is 17.8 Å². The first-order chi connectivity index (χ1) is 9.52. The van der Waals surface area contributed by atoms with Crippen LogP contribution in [0, 0.1) is 11.3 Å². The molecule has 1 aromatic rings. The van der Waals surface area contributed by atoms with Crippen LogP contribution in [0.1, 0.15) is 19.4 Å². The minimum Gasteiger partial charge on any atom is -0.479 e. The molecule has 0 N–H and O–H groups in total. The number of hydrogen-bond donors (Lipinski definition) is 0. The summed E-state index contributed by atoms with van der Waals surface area (Å²) in [6.45, 7) is 2.88. The number of hydrogen-bond acceptors (Lipinski definition) is 5. The summed E-state index contributed by atoms with van der Waals surface area (Å²) in [6.07, 6.45) is 2.09. The molecule has 5 nitrogen and oxygen atoms in total. The number of carbonyl (C=O) groups is 2. The average molecular weight is 273 g/mol. The highest BCUT2D eigenvalue weighted by atomic mass is 16.5. The molecule has 1 aromatic carbocycles. The van der Waals surface area contributed by atoms with Gasteiger partial charge in [0.25, 0.3) is 0 Å². The molecule has 1 unspecified atom stereocenters. The van der Waals surface area contributed by atoms with Crippen molar-refractivity contribution in [1.82, 2.24) is 0 Å². The summed E-state index contributed by atoms with van der Waals surface area (Å²) in [4.78, 5) is 22.4. The van der Waals surface area contributed by atoms with Crippen LogP contribution in [0.3, 0.4) is 0 Å². The van der Waals surface area contributed by atoms with Crippen LogP contribution in [-0.4, -0.2) is 24.5 Å². The number of nitrogens with zero attached hydrogens (tertiary/aromatic N) is 1. The van der Waals surface area contributed by atoms with Gasteiger partial charge in [-0.2, -0.15) is 5.26 Å². The molecule has 5 heteroatoms. The maximum atomic E-state index is 11.4. The summed E-state index contributed by atoms with van der Waals surface area (Å²) in [5.74, 6) is -0.195. The van der Waals surface area contributed by atoms with Crippen molar-refractivity contribution in [1.29, 1.82) is 5.26 Å². The van der Waals surface area contributed by atoms with E-state index in [1.54, 1.807) is 30.3 Å². The number of ether oxygens (including phenoxy) is 2. The van der Waals surface area contributed by atoms with Crippen molar-refractivity contribution in [3.63, 3.8) is 0 Å². The van der Waals surface area contributed by atoms with Crippen molar-refractivity contribution in [3.8, 4) is 11.8 Å². The van der Waals surface area contributed by atoms with Crippen LogP contribution in [-0.2, 0) is 14.3 Å². The molecule has 1 rings (SSSR count). The fraction of sp³-hybridized carbons (Fsp3) is 0.267. The second-order valence-corrected chi connectivity index (χ2v) is 4.04. The van der Waals surface area contributed by atoms with Gasteiger partial charge < -0.3 is 9.47 Å². The van der Waals surface area contributed by atoms with Crippen LogP contribution in [0.5, 0.6) is 5.75 Å². The third kappa shape index (κ3) is 5.36. The Morgan fingerprint density at radius 3 is 2.55 bits per heavy atom. The number of rotatable bonds is 6. The Morgan fingerprint density at radius 2 is 2.00 bits per heavy atom. The van der Waals surface area contributed by atoms with Crippen molar-refractivity contribution in [2.75, 3.05) is 6.61 Å². The number of carbonyl (C=O) groups excluding carboxylic acids is 2. The number of Topliss-reactive ketones (excluding diaryl/α,β-unsaturated/α-hetero) is 1. The third-order valence-corrected chi connectivity index (χ3v) is 2.46. The summed E-state index contributed by atoms with van der Waals surface area (Å²) in [7, 11) is 0. The Balaban J connectivity index is 2.55. The van der Waals surface area contributed by atoms with E-state index in [1.165, 1.54) is 19.9 Å². The van der Waals surface area contributed by atoms with E-state index in [0.29, 0.717) is 5.75 Å². The van der Waals surface area contributed by atoms with E-state index in [2.05, 4.69) is 0 Å². The zero-order valence-electron chi connectivity index (χ0n) is 11.3. The van der Waals surface area contributed by atoms with Crippen molar-refractivity contribution < 1.29 is 19.1 Å². The average Bonchev–Trinajstić information content (AvgIpc) is 2.43. The summed E-state index contributed by atoms with van der Waals surface area (Å²) >= 11 is 0. The Hall–Kier alpha value is -2.61. The normalized spacial score (nSPS) is 11.7. The van der Waals surface area contributed by atoms with E-state index < -0.39 is 12.1 Å². The highest BCUT2D eigenvalue weighted by molar-refractivity contribution is 5.90. The lowest BCUT2D eigenvalue weighted by molar-refractivity contribution is -0.148. The van der Waals surface area contributed by atoms with Gasteiger partial charge in [0.15, 0.2) is 18.5 Å². The quantitative estimate of drug-likeness (QED) is 0.586. The SMILES string of the molecule is CC(=O)C(C)OC(=O)/C=C/c1ccc(OCC#N)cc1. The number of ketones is 1. The lowest BCUT2D eigenvalue weighted by Gasteiger charge is -2.07. The molecule has 0 amide bonds. The molecule has 0 saturated carbocycles. The summed E-state index contributed by atoms with van der Waals surface area (Å²) < 4.78 is 9.97. The molecule has 0 aliphatic rings. The van der Waals surface area contributed by atoms with E-state index >= 15 is 0 Å². The molecule has 104 valence electrons. The van der Waals surface area contributed by atoms with Gasteiger partial charge in [-0.25, -0.2) is 4.79 Å². The Kier molecular flexibility index (Phi) is 5.98. The molecular formula is C15H15NO4. The highest BCUT2D eigenvalue weighted by Gasteiger charge is 2.10. The maximum Gasteiger partial charge on any atom is 0.331 e. The number of benzene rings is 1. The largest absolute Gasteiger partial charge is 0.479 e. The third-order valence-electron chi connectivity index (χ3n) is 2.46. The van der Waals surface area contributed by atoms with E-state index in [9.17, 15) is 9.59 Å². The molecular weight excluding hydrogens is 258 g/mol. The number of nitriles is 1. The zero-order valence-corrected chi connectivity index (χ0v) is 11.3. The van der Waals surface area contributed by atoms with Crippen LogP contribution in [0.4, 0.5) is 0 Å². The predicted octanol–water partition coefficient (Wildman–Crippen LogP) is 2.12. The van der Waals surface area contributed by atoms with E-state index in [-0.39, 0.29) is 12.4 Å². The lowest BCUT2D eigenvalue weighted by Crippen LogP contribution is -2.20. The first-order valence-electron chi connectivity index (χ1n) is 6.02. The molecule has 20 heavy (non-hydrogen) atoms. The predicted molar refractivity (Wildman–Crippen MR) is 72.8 cm³/mol. The molecule has 0 heterocycles. The smallest absolute Gasteiger partial charge is 0.331 e. The molecule has 0 saturated heterocycles. The first-order valence-corrected chi connectivity index (χ1v) is 6.02. The number of esters is 1. The molecule has 0 spiro atoms. The van der Waals surface area contributed by atoms with E-state index in [4.69, 9.17) is 14.7 Å². The van der Waals surface area contributed by atoms with Gasteiger partial charge in [0.05, 0.1) is 0 Å². The lowest BCUT2D eigenvalue weighted by atomic mass is 10.2. The van der Waals surface area contributed by atoms with Gasteiger partial charge in [-0.3, -0.25) is 4.79 Å². The van der Waals surface area contributed by atoms with Gasteiger partial charge >= 0.3 is 5.97 Å². The Labute approximate surface area is 117 Å². The van der Waals surface area contributed by atoms with Gasteiger partial charge in [-0.15, -0.1) is 0 Å². The zero-order chi connectivity index (χ0) is 15.0. The molecule has 0 aromatic heterocycles. The Morgan fingerprint density at radius 1 is 1.35 bits per heavy atom. The fourth-order valence-corrected chi connectivity index (χ4v) is 1.25. The molecule has 0 aliphatic carbocycles. The highest BCUT2D eigenvalue weighted by Crippen LogP contribution is 2.13. The minimum absolute atomic E-state index is 0.00948. The summed E-state index contributed by atoms with van der Waals surface area (Å²) in [5, 5.41) is 8.38. The van der Waals surface area contributed by atoms with Gasteiger partial charge in [0, 0.05) is 6.08 Å². The molecule has 1 atom stereocenters. The minimum atomic E-state index is -0.742. The van der Waals surface area contributed by atoms with E-state index in [1.807, 2.05) is 6.07 Å². The molecule has 0 radical (unpaired) electrons. The van der Waals surface area contributed by atoms with Crippen LogP contribution in [0.25, 0.3) is 6.08 Å². The topological polar surface area (TPSA) is 76.4 Å².